The molecule has 0 saturated carbocycles. The molecule has 0 unspecified atom stereocenters. The van der Waals surface area contributed by atoms with Gasteiger partial charge in [0.25, 0.3) is 0 Å². The maximum absolute atomic E-state index is 10.1. The van der Waals surface area contributed by atoms with Crippen molar-refractivity contribution >= 4 is 23.2 Å². The molecular formula is C11H9NO4. The summed E-state index contributed by atoms with van der Waals surface area (Å²) in [6.45, 7) is -0.440. The SMILES string of the molecule is O=C(O)CON=Cc1ccc2occc2c1. The number of oxime groups is 1. The summed E-state index contributed by atoms with van der Waals surface area (Å²) in [7, 11) is 0. The molecule has 16 heavy (non-hydrogen) atoms. The number of carboxylic acids is 1. The largest absolute Gasteiger partial charge is 0.479 e. The summed E-state index contributed by atoms with van der Waals surface area (Å²) in [4.78, 5) is 14.7. The van der Waals surface area contributed by atoms with Crippen LogP contribution >= 0.6 is 0 Å². The molecule has 0 aliphatic carbocycles. The van der Waals surface area contributed by atoms with Crippen molar-refractivity contribution in [3.05, 3.63) is 36.1 Å². The third-order valence-electron chi connectivity index (χ3n) is 1.94. The number of nitrogens with zero attached hydrogens (tertiary/aromatic N) is 1. The average Bonchev–Trinajstić information content (AvgIpc) is 2.71. The molecule has 2 rings (SSSR count). The monoisotopic (exact) mass is 219 g/mol. The molecule has 0 bridgehead atoms. The van der Waals surface area contributed by atoms with Gasteiger partial charge in [-0.05, 0) is 29.8 Å². The summed E-state index contributed by atoms with van der Waals surface area (Å²) in [5.74, 6) is -1.05. The van der Waals surface area contributed by atoms with Crippen LogP contribution in [0.5, 0.6) is 0 Å². The fourth-order valence-electron chi connectivity index (χ4n) is 1.26. The van der Waals surface area contributed by atoms with Gasteiger partial charge in [0, 0.05) is 5.39 Å². The molecule has 0 spiro atoms. The van der Waals surface area contributed by atoms with E-state index in [-0.39, 0.29) is 0 Å². The lowest BCUT2D eigenvalue weighted by molar-refractivity contribution is -0.142. The first-order valence-electron chi connectivity index (χ1n) is 4.60. The van der Waals surface area contributed by atoms with Gasteiger partial charge in [0.15, 0.2) is 0 Å². The number of rotatable bonds is 4. The second-order valence-electron chi connectivity index (χ2n) is 3.12. The fourth-order valence-corrected chi connectivity index (χ4v) is 1.26. The van der Waals surface area contributed by atoms with Gasteiger partial charge in [-0.25, -0.2) is 4.79 Å². The van der Waals surface area contributed by atoms with Crippen LogP contribution in [0.4, 0.5) is 0 Å². The summed E-state index contributed by atoms with van der Waals surface area (Å²) >= 11 is 0. The highest BCUT2D eigenvalue weighted by Gasteiger charge is 1.97. The topological polar surface area (TPSA) is 72.0 Å². The van der Waals surface area contributed by atoms with E-state index in [2.05, 4.69) is 9.99 Å². The first kappa shape index (κ1) is 10.2. The zero-order chi connectivity index (χ0) is 11.4. The predicted molar refractivity (Wildman–Crippen MR) is 57.4 cm³/mol. The summed E-state index contributed by atoms with van der Waals surface area (Å²) in [6, 6.07) is 7.32. The van der Waals surface area contributed by atoms with E-state index >= 15 is 0 Å². The molecule has 2 aromatic rings. The van der Waals surface area contributed by atoms with E-state index in [0.717, 1.165) is 16.5 Å². The van der Waals surface area contributed by atoms with Crippen LogP contribution in [-0.2, 0) is 9.63 Å². The molecule has 0 saturated heterocycles. The van der Waals surface area contributed by atoms with Gasteiger partial charge < -0.3 is 14.4 Å². The molecule has 1 aromatic heterocycles. The van der Waals surface area contributed by atoms with E-state index < -0.39 is 12.6 Å². The molecule has 0 radical (unpaired) electrons. The van der Waals surface area contributed by atoms with E-state index in [1.165, 1.54) is 6.21 Å². The van der Waals surface area contributed by atoms with Crippen LogP contribution in [0.1, 0.15) is 5.56 Å². The van der Waals surface area contributed by atoms with E-state index in [4.69, 9.17) is 9.52 Å². The third kappa shape index (κ3) is 2.38. The van der Waals surface area contributed by atoms with Gasteiger partial charge in [0.05, 0.1) is 12.5 Å². The van der Waals surface area contributed by atoms with Crippen LogP contribution in [0.15, 0.2) is 40.1 Å². The minimum Gasteiger partial charge on any atom is -0.479 e. The molecule has 0 fully saturated rings. The van der Waals surface area contributed by atoms with Crippen molar-refractivity contribution in [3.63, 3.8) is 0 Å². The Bertz CT molecular complexity index is 530. The lowest BCUT2D eigenvalue weighted by atomic mass is 10.2. The smallest absolute Gasteiger partial charge is 0.344 e. The van der Waals surface area contributed by atoms with Crippen LogP contribution in [0, 0.1) is 0 Å². The van der Waals surface area contributed by atoms with E-state index in [9.17, 15) is 4.79 Å². The van der Waals surface area contributed by atoms with Crippen molar-refractivity contribution in [2.45, 2.75) is 0 Å². The van der Waals surface area contributed by atoms with Crippen molar-refractivity contribution in [1.82, 2.24) is 0 Å². The van der Waals surface area contributed by atoms with E-state index in [1.54, 1.807) is 12.3 Å². The molecule has 1 aromatic carbocycles. The first-order valence-corrected chi connectivity index (χ1v) is 4.60. The van der Waals surface area contributed by atoms with Crippen molar-refractivity contribution in [1.29, 1.82) is 0 Å². The van der Waals surface area contributed by atoms with Crippen LogP contribution in [0.2, 0.25) is 0 Å². The van der Waals surface area contributed by atoms with Crippen LogP contribution < -0.4 is 0 Å². The van der Waals surface area contributed by atoms with E-state index in [1.807, 2.05) is 18.2 Å². The number of benzene rings is 1. The molecule has 0 amide bonds. The highest BCUT2D eigenvalue weighted by Crippen LogP contribution is 2.15. The highest BCUT2D eigenvalue weighted by molar-refractivity contribution is 5.87. The average molecular weight is 219 g/mol. The van der Waals surface area contributed by atoms with Crippen LogP contribution in [0.25, 0.3) is 11.0 Å². The minimum absolute atomic E-state index is 0.440. The van der Waals surface area contributed by atoms with Crippen molar-refractivity contribution in [2.75, 3.05) is 6.61 Å². The quantitative estimate of drug-likeness (QED) is 0.629. The number of carboxylic acid groups (broad SMARTS) is 1. The van der Waals surface area contributed by atoms with Gasteiger partial charge >= 0.3 is 5.97 Å². The molecule has 82 valence electrons. The second-order valence-corrected chi connectivity index (χ2v) is 3.12. The Morgan fingerprint density at radius 1 is 1.50 bits per heavy atom. The maximum atomic E-state index is 10.1. The number of carbonyl (C=O) groups is 1. The van der Waals surface area contributed by atoms with Gasteiger partial charge in [-0.3, -0.25) is 0 Å². The molecular weight excluding hydrogens is 210 g/mol. The number of aliphatic carboxylic acids is 1. The number of fused-ring (bicyclic) bond motifs is 1. The van der Waals surface area contributed by atoms with Gasteiger partial charge in [-0.15, -0.1) is 0 Å². The highest BCUT2D eigenvalue weighted by atomic mass is 16.6. The fraction of sp³-hybridized carbons (Fsp3) is 0.0909. The number of hydrogen-bond donors (Lipinski definition) is 1. The Labute approximate surface area is 90.9 Å². The van der Waals surface area contributed by atoms with E-state index in [0.29, 0.717) is 0 Å². The molecule has 5 nitrogen and oxygen atoms in total. The number of furan rings is 1. The summed E-state index contributed by atoms with van der Waals surface area (Å²) < 4.78 is 5.18. The van der Waals surface area contributed by atoms with Crippen molar-refractivity contribution < 1.29 is 19.2 Å². The second kappa shape index (κ2) is 4.48. The molecule has 0 atom stereocenters. The zero-order valence-corrected chi connectivity index (χ0v) is 8.29. The molecule has 0 aliphatic rings. The van der Waals surface area contributed by atoms with Crippen LogP contribution in [0.3, 0.4) is 0 Å². The lowest BCUT2D eigenvalue weighted by Gasteiger charge is -1.94. The molecule has 1 heterocycles. The third-order valence-corrected chi connectivity index (χ3v) is 1.94. The van der Waals surface area contributed by atoms with Crippen molar-refractivity contribution in [2.24, 2.45) is 5.16 Å². The Kier molecular flexibility index (Phi) is 2.86. The Hall–Kier alpha value is -2.30. The van der Waals surface area contributed by atoms with Crippen LogP contribution in [-0.4, -0.2) is 23.9 Å². The standard InChI is InChI=1S/C11H9NO4/c13-11(14)7-16-12-6-8-1-2-10-9(5-8)3-4-15-10/h1-6H,7H2,(H,13,14). The Balaban J connectivity index is 2.06. The summed E-state index contributed by atoms with van der Waals surface area (Å²) in [6.07, 6.45) is 3.06. The molecule has 5 heteroatoms. The Morgan fingerprint density at radius 3 is 3.19 bits per heavy atom. The van der Waals surface area contributed by atoms with Gasteiger partial charge in [-0.2, -0.15) is 0 Å². The first-order chi connectivity index (χ1) is 7.75. The summed E-state index contributed by atoms with van der Waals surface area (Å²) in [5, 5.41) is 12.8. The van der Waals surface area contributed by atoms with Gasteiger partial charge in [0.1, 0.15) is 5.58 Å². The minimum atomic E-state index is -1.05. The normalized spacial score (nSPS) is 11.0. The molecule has 0 aliphatic heterocycles. The molecule has 1 N–H and O–H groups in total. The predicted octanol–water partition coefficient (Wildman–Crippen LogP) is 1.87. The maximum Gasteiger partial charge on any atom is 0.344 e. The number of hydrogen-bond acceptors (Lipinski definition) is 4. The van der Waals surface area contributed by atoms with Gasteiger partial charge in [0.2, 0.25) is 6.61 Å². The zero-order valence-electron chi connectivity index (χ0n) is 8.29. The van der Waals surface area contributed by atoms with Crippen molar-refractivity contribution in [3.8, 4) is 0 Å². The Morgan fingerprint density at radius 2 is 2.38 bits per heavy atom. The lowest BCUT2D eigenvalue weighted by Crippen LogP contribution is -2.03. The van der Waals surface area contributed by atoms with Gasteiger partial charge in [-0.1, -0.05) is 5.16 Å². The summed E-state index contributed by atoms with van der Waals surface area (Å²) in [5.41, 5.74) is 1.61.